The number of hydrogen-bond acceptors (Lipinski definition) is 5. The largest absolute Gasteiger partial charge is 0.382 e. The van der Waals surface area contributed by atoms with E-state index in [0.717, 1.165) is 44.0 Å². The van der Waals surface area contributed by atoms with E-state index < -0.39 is 0 Å². The van der Waals surface area contributed by atoms with Crippen molar-refractivity contribution in [2.24, 2.45) is 5.92 Å². The van der Waals surface area contributed by atoms with Crippen molar-refractivity contribution < 1.29 is 4.79 Å². The normalized spacial score (nSPS) is 22.1. The molecule has 0 spiro atoms. The summed E-state index contributed by atoms with van der Waals surface area (Å²) in [7, 11) is 0. The highest BCUT2D eigenvalue weighted by Gasteiger charge is 2.29. The number of hydrogen-bond donors (Lipinski definition) is 2. The maximum absolute atomic E-state index is 13.2. The van der Waals surface area contributed by atoms with E-state index in [1.807, 2.05) is 12.1 Å². The van der Waals surface area contributed by atoms with Crippen LogP contribution in [-0.2, 0) is 0 Å². The molecule has 29 heavy (non-hydrogen) atoms. The smallest absolute Gasteiger partial charge is 0.328 e. The Morgan fingerprint density at radius 1 is 1.17 bits per heavy atom. The second-order valence-electron chi connectivity index (χ2n) is 8.17. The fraction of sp³-hybridized carbons (Fsp3) is 0.500. The average Bonchev–Trinajstić information content (AvgIpc) is 2.71. The molecule has 0 saturated carbocycles. The number of nitrogens with zero attached hydrogens (tertiary/aromatic N) is 4. The van der Waals surface area contributed by atoms with Gasteiger partial charge in [-0.1, -0.05) is 13.0 Å². The van der Waals surface area contributed by atoms with Gasteiger partial charge in [0.15, 0.2) is 5.82 Å². The van der Waals surface area contributed by atoms with Crippen molar-refractivity contribution in [1.29, 1.82) is 0 Å². The number of nitrogens with one attached hydrogen (secondary N) is 2. The molecule has 2 amide bonds. The lowest BCUT2D eigenvalue weighted by Gasteiger charge is -2.35. The number of aromatic nitrogens is 2. The summed E-state index contributed by atoms with van der Waals surface area (Å²) < 4.78 is 0. The molecule has 7 nitrogen and oxygen atoms in total. The van der Waals surface area contributed by atoms with Gasteiger partial charge in [-0.05, 0) is 62.8 Å². The SMILES string of the molecule is CC1CCCN(c2ccc3c(n2)N(C(=O)Nc2ccccn2)[C@@H](C)CCCN3)C1. The summed E-state index contributed by atoms with van der Waals surface area (Å²) in [6, 6.07) is 9.48. The molecule has 2 aromatic heterocycles. The maximum Gasteiger partial charge on any atom is 0.328 e. The van der Waals surface area contributed by atoms with Crippen molar-refractivity contribution in [3.63, 3.8) is 0 Å². The van der Waals surface area contributed by atoms with E-state index in [0.29, 0.717) is 17.6 Å². The third kappa shape index (κ3) is 4.44. The Morgan fingerprint density at radius 2 is 2.07 bits per heavy atom. The number of amides is 2. The Labute approximate surface area is 172 Å². The Bertz CT molecular complexity index is 842. The number of urea groups is 1. The first-order valence-corrected chi connectivity index (χ1v) is 10.6. The Kier molecular flexibility index (Phi) is 5.83. The molecule has 154 valence electrons. The number of fused-ring (bicyclic) bond motifs is 1. The van der Waals surface area contributed by atoms with E-state index in [-0.39, 0.29) is 12.1 Å². The summed E-state index contributed by atoms with van der Waals surface area (Å²) in [4.78, 5) is 26.6. The fourth-order valence-corrected chi connectivity index (χ4v) is 4.19. The Hall–Kier alpha value is -2.83. The van der Waals surface area contributed by atoms with E-state index in [2.05, 4.69) is 46.5 Å². The van der Waals surface area contributed by atoms with Crippen LogP contribution in [0, 0.1) is 5.92 Å². The van der Waals surface area contributed by atoms with Gasteiger partial charge in [-0.15, -0.1) is 0 Å². The lowest BCUT2D eigenvalue weighted by molar-refractivity contribution is 0.254. The highest BCUT2D eigenvalue weighted by atomic mass is 16.2. The van der Waals surface area contributed by atoms with Gasteiger partial charge in [0.1, 0.15) is 11.6 Å². The zero-order valence-electron chi connectivity index (χ0n) is 17.3. The zero-order valence-corrected chi connectivity index (χ0v) is 17.3. The summed E-state index contributed by atoms with van der Waals surface area (Å²) >= 11 is 0. The average molecular weight is 395 g/mol. The van der Waals surface area contributed by atoms with Crippen LogP contribution in [-0.4, -0.2) is 41.7 Å². The molecule has 1 fully saturated rings. The van der Waals surface area contributed by atoms with E-state index >= 15 is 0 Å². The highest BCUT2D eigenvalue weighted by molar-refractivity contribution is 6.03. The number of anilines is 4. The third-order valence-corrected chi connectivity index (χ3v) is 5.74. The van der Waals surface area contributed by atoms with Gasteiger partial charge < -0.3 is 10.2 Å². The van der Waals surface area contributed by atoms with Gasteiger partial charge in [-0.3, -0.25) is 10.2 Å². The van der Waals surface area contributed by atoms with E-state index in [1.54, 1.807) is 17.2 Å². The van der Waals surface area contributed by atoms with Gasteiger partial charge in [0.25, 0.3) is 0 Å². The zero-order chi connectivity index (χ0) is 20.2. The van der Waals surface area contributed by atoms with Crippen molar-refractivity contribution in [2.75, 3.05) is 40.1 Å². The van der Waals surface area contributed by atoms with Gasteiger partial charge >= 0.3 is 6.03 Å². The number of piperidine rings is 1. The third-order valence-electron chi connectivity index (χ3n) is 5.74. The fourth-order valence-electron chi connectivity index (χ4n) is 4.19. The molecule has 1 saturated heterocycles. The Balaban J connectivity index is 1.67. The minimum Gasteiger partial charge on any atom is -0.382 e. The second kappa shape index (κ2) is 8.68. The molecular weight excluding hydrogens is 364 g/mol. The summed E-state index contributed by atoms with van der Waals surface area (Å²) in [6.45, 7) is 7.28. The van der Waals surface area contributed by atoms with Crippen molar-refractivity contribution in [3.8, 4) is 0 Å². The van der Waals surface area contributed by atoms with Crippen LogP contribution >= 0.6 is 0 Å². The number of carbonyl (C=O) groups excluding carboxylic acids is 1. The van der Waals surface area contributed by atoms with Crippen molar-refractivity contribution in [2.45, 2.75) is 45.6 Å². The quantitative estimate of drug-likeness (QED) is 0.792. The van der Waals surface area contributed by atoms with Gasteiger partial charge in [0.05, 0.1) is 5.69 Å². The van der Waals surface area contributed by atoms with Gasteiger partial charge in [-0.2, -0.15) is 0 Å². The molecule has 0 aromatic carbocycles. The first-order valence-electron chi connectivity index (χ1n) is 10.6. The first-order chi connectivity index (χ1) is 14.1. The lowest BCUT2D eigenvalue weighted by Crippen LogP contribution is -2.44. The molecule has 7 heteroatoms. The van der Waals surface area contributed by atoms with Crippen LogP contribution in [0.4, 0.5) is 27.9 Å². The van der Waals surface area contributed by atoms with Crippen molar-refractivity contribution in [3.05, 3.63) is 36.5 Å². The second-order valence-corrected chi connectivity index (χ2v) is 8.17. The molecule has 2 atom stereocenters. The van der Waals surface area contributed by atoms with Crippen LogP contribution in [0.25, 0.3) is 0 Å². The summed E-state index contributed by atoms with van der Waals surface area (Å²) in [6.07, 6.45) is 6.03. The molecule has 0 radical (unpaired) electrons. The molecule has 2 N–H and O–H groups in total. The minimum absolute atomic E-state index is 0.0441. The summed E-state index contributed by atoms with van der Waals surface area (Å²) in [5.74, 6) is 2.84. The van der Waals surface area contributed by atoms with Gasteiger partial charge in [-0.25, -0.2) is 14.8 Å². The number of rotatable bonds is 2. The molecular formula is C22H30N6O. The molecule has 0 aliphatic carbocycles. The first kappa shape index (κ1) is 19.5. The predicted molar refractivity (Wildman–Crippen MR) is 118 cm³/mol. The number of carbonyl (C=O) groups is 1. The van der Waals surface area contributed by atoms with Crippen LogP contribution in [0.1, 0.15) is 39.5 Å². The lowest BCUT2D eigenvalue weighted by atomic mass is 10.0. The molecule has 2 aliphatic rings. The molecule has 1 unspecified atom stereocenters. The molecule has 0 bridgehead atoms. The van der Waals surface area contributed by atoms with Crippen LogP contribution in [0.2, 0.25) is 0 Å². The molecule has 4 heterocycles. The van der Waals surface area contributed by atoms with E-state index in [4.69, 9.17) is 4.98 Å². The van der Waals surface area contributed by atoms with Crippen molar-refractivity contribution in [1.82, 2.24) is 9.97 Å². The topological polar surface area (TPSA) is 73.4 Å². The minimum atomic E-state index is -0.196. The van der Waals surface area contributed by atoms with Crippen LogP contribution in [0.3, 0.4) is 0 Å². The molecule has 2 aromatic rings. The van der Waals surface area contributed by atoms with E-state index in [9.17, 15) is 4.79 Å². The van der Waals surface area contributed by atoms with Crippen LogP contribution in [0.15, 0.2) is 36.5 Å². The maximum atomic E-state index is 13.2. The predicted octanol–water partition coefficient (Wildman–Crippen LogP) is 4.35. The molecule has 2 aliphatic heterocycles. The highest BCUT2D eigenvalue weighted by Crippen LogP contribution is 2.33. The van der Waals surface area contributed by atoms with Crippen LogP contribution in [0.5, 0.6) is 0 Å². The Morgan fingerprint density at radius 3 is 2.86 bits per heavy atom. The van der Waals surface area contributed by atoms with E-state index in [1.165, 1.54) is 12.8 Å². The van der Waals surface area contributed by atoms with Gasteiger partial charge in [0, 0.05) is 31.9 Å². The summed E-state index contributed by atoms with van der Waals surface area (Å²) in [5.41, 5.74) is 0.904. The standard InChI is InChI=1S/C22H30N6O/c1-16-7-6-14-27(15-16)20-11-10-18-21(26-20)28(17(2)8-5-13-23-18)22(29)25-19-9-3-4-12-24-19/h3-4,9-12,16-17,23H,5-8,13-15H2,1-2H3,(H,24,25,29)/t16?,17-/m0/s1. The molecule has 4 rings (SSSR count). The monoisotopic (exact) mass is 394 g/mol. The number of pyridine rings is 2. The van der Waals surface area contributed by atoms with Crippen LogP contribution < -0.4 is 20.4 Å². The van der Waals surface area contributed by atoms with Crippen molar-refractivity contribution >= 4 is 29.2 Å². The van der Waals surface area contributed by atoms with Gasteiger partial charge in [0.2, 0.25) is 0 Å². The summed E-state index contributed by atoms with van der Waals surface area (Å²) in [5, 5.41) is 6.39.